The maximum atomic E-state index is 11.9. The Hall–Kier alpha value is -3.12. The number of halogens is 1. The van der Waals surface area contributed by atoms with Crippen molar-refractivity contribution in [3.63, 3.8) is 0 Å². The van der Waals surface area contributed by atoms with Crippen molar-refractivity contribution in [3.05, 3.63) is 81.0 Å². The van der Waals surface area contributed by atoms with Gasteiger partial charge in [-0.2, -0.15) is 0 Å². The molecule has 0 saturated heterocycles. The number of aromatic nitrogens is 1. The van der Waals surface area contributed by atoms with E-state index in [1.165, 1.54) is 18.2 Å². The van der Waals surface area contributed by atoms with Crippen LogP contribution < -0.4 is 5.32 Å². The molecule has 0 radical (unpaired) electrons. The number of carbonyl (C=O) groups excluding carboxylic acids is 1. The fourth-order valence-electron chi connectivity index (χ4n) is 2.65. The van der Waals surface area contributed by atoms with E-state index in [1.54, 1.807) is 18.2 Å². The van der Waals surface area contributed by atoms with Crippen molar-refractivity contribution in [1.82, 2.24) is 10.3 Å². The molecule has 0 aliphatic heterocycles. The average Bonchev–Trinajstić information content (AvgIpc) is 3.02. The maximum Gasteiger partial charge on any atom is 0.270 e. The second-order valence-corrected chi connectivity index (χ2v) is 6.17. The summed E-state index contributed by atoms with van der Waals surface area (Å²) >= 11 is 6.03. The molecule has 0 aliphatic rings. The van der Waals surface area contributed by atoms with E-state index in [0.29, 0.717) is 23.6 Å². The third kappa shape index (κ3) is 4.29. The second-order valence-electron chi connectivity index (χ2n) is 5.73. The number of nitrogens with zero attached hydrogens (tertiary/aromatic N) is 1. The van der Waals surface area contributed by atoms with Gasteiger partial charge >= 0.3 is 0 Å². The van der Waals surface area contributed by atoms with Crippen molar-refractivity contribution in [3.8, 4) is 0 Å². The first-order chi connectivity index (χ1) is 12.5. The maximum absolute atomic E-state index is 11.9. The Bertz CT molecular complexity index is 995. The lowest BCUT2D eigenvalue weighted by Crippen LogP contribution is -2.23. The van der Waals surface area contributed by atoms with Gasteiger partial charge in [0.15, 0.2) is 0 Å². The van der Waals surface area contributed by atoms with Gasteiger partial charge in [-0.1, -0.05) is 23.7 Å². The number of rotatable bonds is 6. The Balaban J connectivity index is 1.56. The summed E-state index contributed by atoms with van der Waals surface area (Å²) in [5.74, 6) is -0.255. The first kappa shape index (κ1) is 17.7. The van der Waals surface area contributed by atoms with Gasteiger partial charge in [0.05, 0.1) is 4.92 Å². The van der Waals surface area contributed by atoms with Crippen molar-refractivity contribution in [1.29, 1.82) is 0 Å². The Kier molecular flexibility index (Phi) is 5.34. The zero-order valence-corrected chi connectivity index (χ0v) is 14.5. The molecular weight excluding hydrogens is 354 g/mol. The predicted molar refractivity (Wildman–Crippen MR) is 102 cm³/mol. The number of hydrogen-bond acceptors (Lipinski definition) is 3. The van der Waals surface area contributed by atoms with E-state index in [9.17, 15) is 14.9 Å². The van der Waals surface area contributed by atoms with Gasteiger partial charge in [0.1, 0.15) is 0 Å². The number of benzene rings is 2. The Morgan fingerprint density at radius 1 is 1.27 bits per heavy atom. The number of amides is 1. The SMILES string of the molecule is O=C(/C=C/c1cccc([N+](=O)[O-])c1)NCCc1c[nH]c2ccc(Cl)cc12. The normalized spacial score (nSPS) is 11.1. The second kappa shape index (κ2) is 7.84. The van der Waals surface area contributed by atoms with Crippen LogP contribution in [0.5, 0.6) is 0 Å². The molecule has 3 aromatic rings. The first-order valence-electron chi connectivity index (χ1n) is 7.99. The fourth-order valence-corrected chi connectivity index (χ4v) is 2.82. The molecule has 0 aliphatic carbocycles. The third-order valence-electron chi connectivity index (χ3n) is 3.93. The van der Waals surface area contributed by atoms with Crippen molar-refractivity contribution < 1.29 is 9.72 Å². The standard InChI is InChI=1S/C19H16ClN3O3/c20-15-5-6-18-17(11-15)14(12-22-18)8-9-21-19(24)7-4-13-2-1-3-16(10-13)23(25)26/h1-7,10-12,22H,8-9H2,(H,21,24)/b7-4+. The molecule has 2 N–H and O–H groups in total. The molecule has 3 rings (SSSR count). The smallest absolute Gasteiger partial charge is 0.270 e. The van der Waals surface area contributed by atoms with E-state index in [2.05, 4.69) is 10.3 Å². The molecule has 0 unspecified atom stereocenters. The van der Waals surface area contributed by atoms with E-state index in [1.807, 2.05) is 24.4 Å². The molecule has 0 spiro atoms. The van der Waals surface area contributed by atoms with E-state index < -0.39 is 4.92 Å². The Morgan fingerprint density at radius 2 is 2.12 bits per heavy atom. The molecule has 0 saturated carbocycles. The van der Waals surface area contributed by atoms with Crippen LogP contribution in [-0.4, -0.2) is 22.4 Å². The van der Waals surface area contributed by atoms with E-state index >= 15 is 0 Å². The van der Waals surface area contributed by atoms with E-state index in [-0.39, 0.29) is 11.6 Å². The number of carbonyl (C=O) groups is 1. The van der Waals surface area contributed by atoms with Gasteiger partial charge in [-0.05, 0) is 41.8 Å². The summed E-state index contributed by atoms with van der Waals surface area (Å²) in [5.41, 5.74) is 2.66. The fraction of sp³-hybridized carbons (Fsp3) is 0.105. The summed E-state index contributed by atoms with van der Waals surface area (Å²) in [6, 6.07) is 11.7. The van der Waals surface area contributed by atoms with Gasteiger partial charge in [0.25, 0.3) is 5.69 Å². The first-order valence-corrected chi connectivity index (χ1v) is 8.36. The van der Waals surface area contributed by atoms with Crippen LogP contribution in [0.2, 0.25) is 5.02 Å². The van der Waals surface area contributed by atoms with E-state index in [0.717, 1.165) is 16.5 Å². The lowest BCUT2D eigenvalue weighted by molar-refractivity contribution is -0.384. The minimum absolute atomic E-state index is 0.00875. The van der Waals surface area contributed by atoms with Crippen molar-refractivity contribution in [2.45, 2.75) is 6.42 Å². The van der Waals surface area contributed by atoms with Crippen LogP contribution in [0.4, 0.5) is 5.69 Å². The minimum Gasteiger partial charge on any atom is -0.361 e. The number of hydrogen-bond donors (Lipinski definition) is 2. The largest absolute Gasteiger partial charge is 0.361 e. The number of non-ortho nitro benzene ring substituents is 1. The number of nitrogens with one attached hydrogen (secondary N) is 2. The zero-order chi connectivity index (χ0) is 18.5. The lowest BCUT2D eigenvalue weighted by Gasteiger charge is -2.02. The van der Waals surface area contributed by atoms with Crippen LogP contribution in [0.15, 0.2) is 54.7 Å². The van der Waals surface area contributed by atoms with Crippen LogP contribution in [0.1, 0.15) is 11.1 Å². The van der Waals surface area contributed by atoms with Crippen LogP contribution in [-0.2, 0) is 11.2 Å². The average molecular weight is 370 g/mol. The quantitative estimate of drug-likeness (QED) is 0.389. The van der Waals surface area contributed by atoms with Gasteiger partial charge in [-0.25, -0.2) is 0 Å². The highest BCUT2D eigenvalue weighted by atomic mass is 35.5. The molecule has 1 aromatic heterocycles. The molecular formula is C19H16ClN3O3. The van der Waals surface area contributed by atoms with E-state index in [4.69, 9.17) is 11.6 Å². The molecule has 1 heterocycles. The summed E-state index contributed by atoms with van der Waals surface area (Å²) in [5, 5.41) is 15.3. The highest BCUT2D eigenvalue weighted by Gasteiger charge is 2.06. The van der Waals surface area contributed by atoms with Crippen LogP contribution in [0, 0.1) is 10.1 Å². The number of fused-ring (bicyclic) bond motifs is 1. The molecule has 0 fully saturated rings. The van der Waals surface area contributed by atoms with Crippen LogP contribution in [0.3, 0.4) is 0 Å². The van der Waals surface area contributed by atoms with Gasteiger partial charge in [-0.3, -0.25) is 14.9 Å². The Morgan fingerprint density at radius 3 is 2.92 bits per heavy atom. The van der Waals surface area contributed by atoms with Gasteiger partial charge in [0, 0.05) is 46.9 Å². The van der Waals surface area contributed by atoms with Crippen molar-refractivity contribution in [2.75, 3.05) is 6.54 Å². The highest BCUT2D eigenvalue weighted by Crippen LogP contribution is 2.22. The van der Waals surface area contributed by atoms with Crippen molar-refractivity contribution >= 4 is 40.2 Å². The van der Waals surface area contributed by atoms with Gasteiger partial charge in [0.2, 0.25) is 5.91 Å². The number of nitro groups is 1. The summed E-state index contributed by atoms with van der Waals surface area (Å²) in [4.78, 5) is 25.4. The number of aromatic amines is 1. The van der Waals surface area contributed by atoms with Crippen molar-refractivity contribution in [2.24, 2.45) is 0 Å². The summed E-state index contributed by atoms with van der Waals surface area (Å²) in [6.45, 7) is 0.470. The third-order valence-corrected chi connectivity index (χ3v) is 4.17. The van der Waals surface area contributed by atoms with Gasteiger partial charge < -0.3 is 10.3 Å². The van der Waals surface area contributed by atoms with Crippen LogP contribution >= 0.6 is 11.6 Å². The van der Waals surface area contributed by atoms with Gasteiger partial charge in [-0.15, -0.1) is 0 Å². The number of H-pyrrole nitrogens is 1. The summed E-state index contributed by atoms with van der Waals surface area (Å²) < 4.78 is 0. The molecule has 7 heteroatoms. The predicted octanol–water partition coefficient (Wildman–Crippen LogP) is 4.10. The zero-order valence-electron chi connectivity index (χ0n) is 13.7. The molecule has 1 amide bonds. The monoisotopic (exact) mass is 369 g/mol. The minimum atomic E-state index is -0.467. The molecule has 132 valence electrons. The topological polar surface area (TPSA) is 88.0 Å². The highest BCUT2D eigenvalue weighted by molar-refractivity contribution is 6.31. The molecule has 0 atom stereocenters. The molecule has 2 aromatic carbocycles. The molecule has 0 bridgehead atoms. The lowest BCUT2D eigenvalue weighted by atomic mass is 10.1. The summed E-state index contributed by atoms with van der Waals surface area (Å²) in [7, 11) is 0. The molecule has 6 nitrogen and oxygen atoms in total. The molecule has 26 heavy (non-hydrogen) atoms. The summed E-state index contributed by atoms with van der Waals surface area (Å²) in [6.07, 6.45) is 5.49. The number of nitro benzene ring substituents is 1. The van der Waals surface area contributed by atoms with Crippen LogP contribution in [0.25, 0.3) is 17.0 Å². The Labute approximate surface area is 154 Å².